The van der Waals surface area contributed by atoms with Crippen molar-refractivity contribution in [3.63, 3.8) is 0 Å². The third-order valence-corrected chi connectivity index (χ3v) is 13.1. The highest BCUT2D eigenvalue weighted by Gasteiger charge is 2.35. The van der Waals surface area contributed by atoms with Crippen LogP contribution in [0.2, 0.25) is 0 Å². The van der Waals surface area contributed by atoms with Crippen LogP contribution in [0.25, 0.3) is 88.6 Å². The molecule has 0 aliphatic heterocycles. The van der Waals surface area contributed by atoms with Crippen molar-refractivity contribution in [2.24, 2.45) is 0 Å². The lowest BCUT2D eigenvalue weighted by molar-refractivity contribution is 0.660. The van der Waals surface area contributed by atoms with E-state index in [0.29, 0.717) is 0 Å². The van der Waals surface area contributed by atoms with E-state index in [1.807, 2.05) is 12.1 Å². The zero-order chi connectivity index (χ0) is 42.1. The maximum Gasteiger partial charge on any atom is 0.143 e. The molecule has 63 heavy (non-hydrogen) atoms. The molecule has 298 valence electrons. The number of pyridine rings is 1. The maximum absolute atomic E-state index is 6.45. The number of para-hydroxylation sites is 3. The molecule has 0 amide bonds. The van der Waals surface area contributed by atoms with E-state index in [0.717, 1.165) is 72.3 Å². The molecule has 0 atom stereocenters. The Morgan fingerprint density at radius 2 is 0.984 bits per heavy atom. The van der Waals surface area contributed by atoms with Crippen LogP contribution in [-0.4, -0.2) is 4.98 Å². The number of aromatic nitrogens is 1. The lowest BCUT2D eigenvalue weighted by Gasteiger charge is -2.28. The Balaban J connectivity index is 0.960. The van der Waals surface area contributed by atoms with Gasteiger partial charge in [-0.25, -0.2) is 4.98 Å². The van der Waals surface area contributed by atoms with Crippen molar-refractivity contribution in [3.05, 3.63) is 230 Å². The number of benzene rings is 9. The summed E-state index contributed by atoms with van der Waals surface area (Å²) in [6.07, 6.45) is 0. The van der Waals surface area contributed by atoms with Gasteiger partial charge in [0.15, 0.2) is 0 Å². The molecule has 0 fully saturated rings. The largest absolute Gasteiger partial charge is 0.455 e. The molecule has 0 radical (unpaired) electrons. The molecule has 0 N–H and O–H groups in total. The first-order valence-electron chi connectivity index (χ1n) is 21.7. The van der Waals surface area contributed by atoms with Gasteiger partial charge in [0, 0.05) is 49.8 Å². The average molecular weight is 807 g/mol. The molecule has 9 aromatic carbocycles. The first-order chi connectivity index (χ1) is 31.0. The Kier molecular flexibility index (Phi) is 8.52. The van der Waals surface area contributed by atoms with Gasteiger partial charge in [0.25, 0.3) is 0 Å². The van der Waals surface area contributed by atoms with E-state index in [2.05, 4.69) is 225 Å². The predicted molar refractivity (Wildman–Crippen MR) is 263 cm³/mol. The molecule has 0 bridgehead atoms. The van der Waals surface area contributed by atoms with E-state index in [1.165, 1.54) is 44.5 Å². The second kappa shape index (κ2) is 14.6. The number of nitrogens with zero attached hydrogens (tertiary/aromatic N) is 2. The summed E-state index contributed by atoms with van der Waals surface area (Å²) in [7, 11) is 0. The number of furan rings is 1. The molecule has 0 unspecified atom stereocenters. The summed E-state index contributed by atoms with van der Waals surface area (Å²) >= 11 is 0. The van der Waals surface area contributed by atoms with E-state index < -0.39 is 0 Å². The second-order valence-corrected chi connectivity index (χ2v) is 17.1. The van der Waals surface area contributed by atoms with E-state index in [1.54, 1.807) is 0 Å². The smallest absolute Gasteiger partial charge is 0.143 e. The molecule has 3 nitrogen and oxygen atoms in total. The van der Waals surface area contributed by atoms with Crippen molar-refractivity contribution in [3.8, 4) is 55.8 Å². The molecule has 12 rings (SSSR count). The third kappa shape index (κ3) is 6.15. The standard InChI is InChI=1S/C60H42N2O/c1-60(2)54-23-9-6-18-48(54)49-35-34-46(37-55(49)60)62(44-30-26-40(27-31-44)47-21-13-22-52-51-20-8-11-25-58(51)63-59(47)52)45-32-28-41(29-33-45)57-38-53(50-19-7-10-24-56(50)61-57)43-17-12-16-42(36-43)39-14-4-3-5-15-39/h3-38H,1-2H3. The van der Waals surface area contributed by atoms with Crippen molar-refractivity contribution < 1.29 is 4.42 Å². The minimum absolute atomic E-state index is 0.132. The van der Waals surface area contributed by atoms with Crippen LogP contribution >= 0.6 is 0 Å². The van der Waals surface area contributed by atoms with Crippen molar-refractivity contribution in [1.82, 2.24) is 4.98 Å². The van der Waals surface area contributed by atoms with Crippen LogP contribution in [0.3, 0.4) is 0 Å². The number of anilines is 3. The molecule has 1 aliphatic rings. The Labute approximate surface area is 367 Å². The monoisotopic (exact) mass is 806 g/mol. The molecule has 11 aromatic rings. The number of hydrogen-bond acceptors (Lipinski definition) is 3. The summed E-state index contributed by atoms with van der Waals surface area (Å²) in [6.45, 7) is 4.69. The second-order valence-electron chi connectivity index (χ2n) is 17.1. The summed E-state index contributed by atoms with van der Waals surface area (Å²) in [5.74, 6) is 0. The lowest BCUT2D eigenvalue weighted by Crippen LogP contribution is -2.16. The fourth-order valence-corrected chi connectivity index (χ4v) is 9.88. The van der Waals surface area contributed by atoms with E-state index in [4.69, 9.17) is 9.40 Å². The Morgan fingerprint density at radius 1 is 0.381 bits per heavy atom. The third-order valence-electron chi connectivity index (χ3n) is 13.1. The first-order valence-corrected chi connectivity index (χ1v) is 21.7. The van der Waals surface area contributed by atoms with E-state index >= 15 is 0 Å². The van der Waals surface area contributed by atoms with Gasteiger partial charge in [-0.15, -0.1) is 0 Å². The van der Waals surface area contributed by atoms with Crippen molar-refractivity contribution in [1.29, 1.82) is 0 Å². The molecule has 2 aromatic heterocycles. The normalized spacial score (nSPS) is 12.7. The van der Waals surface area contributed by atoms with Gasteiger partial charge in [0.2, 0.25) is 0 Å². The summed E-state index contributed by atoms with van der Waals surface area (Å²) in [4.78, 5) is 7.61. The highest BCUT2D eigenvalue weighted by Crippen LogP contribution is 2.51. The van der Waals surface area contributed by atoms with Crippen LogP contribution in [0.4, 0.5) is 17.1 Å². The number of hydrogen-bond donors (Lipinski definition) is 0. The quantitative estimate of drug-likeness (QED) is 0.161. The highest BCUT2D eigenvalue weighted by molar-refractivity contribution is 6.09. The average Bonchev–Trinajstić information content (AvgIpc) is 3.84. The zero-order valence-corrected chi connectivity index (χ0v) is 35.1. The van der Waals surface area contributed by atoms with Gasteiger partial charge in [-0.1, -0.05) is 172 Å². The van der Waals surface area contributed by atoms with Crippen molar-refractivity contribution >= 4 is 49.9 Å². The van der Waals surface area contributed by atoms with Gasteiger partial charge < -0.3 is 9.32 Å². The van der Waals surface area contributed by atoms with Crippen LogP contribution < -0.4 is 4.90 Å². The molecule has 1 aliphatic carbocycles. The fraction of sp³-hybridized carbons (Fsp3) is 0.0500. The minimum Gasteiger partial charge on any atom is -0.455 e. The van der Waals surface area contributed by atoms with E-state index in [-0.39, 0.29) is 5.41 Å². The Bertz CT molecular complexity index is 3530. The maximum atomic E-state index is 6.45. The molecular formula is C60H42N2O. The van der Waals surface area contributed by atoms with Gasteiger partial charge in [0.1, 0.15) is 11.2 Å². The topological polar surface area (TPSA) is 29.3 Å². The summed E-state index contributed by atoms with van der Waals surface area (Å²) in [5, 5.41) is 3.40. The molecule has 2 heterocycles. The predicted octanol–water partition coefficient (Wildman–Crippen LogP) is 16.6. The Morgan fingerprint density at radius 3 is 1.81 bits per heavy atom. The molecular weight excluding hydrogens is 765 g/mol. The lowest BCUT2D eigenvalue weighted by atomic mass is 9.82. The summed E-state index contributed by atoms with van der Waals surface area (Å²) < 4.78 is 6.45. The van der Waals surface area contributed by atoms with Crippen LogP contribution in [0.1, 0.15) is 25.0 Å². The summed E-state index contributed by atoms with van der Waals surface area (Å²) in [6, 6.07) is 78.5. The van der Waals surface area contributed by atoms with Gasteiger partial charge in [-0.2, -0.15) is 0 Å². The van der Waals surface area contributed by atoms with Crippen LogP contribution in [-0.2, 0) is 5.41 Å². The molecule has 0 saturated heterocycles. The minimum atomic E-state index is -0.132. The van der Waals surface area contributed by atoms with Crippen LogP contribution in [0, 0.1) is 0 Å². The van der Waals surface area contributed by atoms with Gasteiger partial charge in [-0.3, -0.25) is 0 Å². The van der Waals surface area contributed by atoms with Gasteiger partial charge in [0.05, 0.1) is 11.2 Å². The van der Waals surface area contributed by atoms with Crippen molar-refractivity contribution in [2.45, 2.75) is 19.3 Å². The molecule has 0 spiro atoms. The van der Waals surface area contributed by atoms with Crippen LogP contribution in [0.5, 0.6) is 0 Å². The molecule has 0 saturated carbocycles. The highest BCUT2D eigenvalue weighted by atomic mass is 16.3. The SMILES string of the molecule is CC1(C)c2ccccc2-c2ccc(N(c3ccc(-c4cc(-c5cccc(-c6ccccc6)c5)c5ccccc5n4)cc3)c3ccc(-c4cccc5c4oc4ccccc45)cc3)cc21. The van der Waals surface area contributed by atoms with Crippen molar-refractivity contribution in [2.75, 3.05) is 4.90 Å². The first kappa shape index (κ1) is 36.8. The van der Waals surface area contributed by atoms with Crippen LogP contribution in [0.15, 0.2) is 223 Å². The number of rotatable bonds is 7. The summed E-state index contributed by atoms with van der Waals surface area (Å²) in [5.41, 5.74) is 20.1. The van der Waals surface area contributed by atoms with E-state index in [9.17, 15) is 0 Å². The number of fused-ring (bicyclic) bond motifs is 7. The van der Waals surface area contributed by atoms with Gasteiger partial charge >= 0.3 is 0 Å². The zero-order valence-electron chi connectivity index (χ0n) is 35.1. The van der Waals surface area contributed by atoms with Gasteiger partial charge in [-0.05, 0) is 111 Å². The fourth-order valence-electron chi connectivity index (χ4n) is 9.88. The Hall–Kier alpha value is -8.01. The molecule has 3 heteroatoms.